The fourth-order valence-corrected chi connectivity index (χ4v) is 3.88. The number of rotatable bonds is 7. The lowest BCUT2D eigenvalue weighted by molar-refractivity contribution is -0.153. The van der Waals surface area contributed by atoms with Crippen molar-refractivity contribution in [2.75, 3.05) is 6.61 Å². The zero-order chi connectivity index (χ0) is 20.7. The van der Waals surface area contributed by atoms with Crippen molar-refractivity contribution in [3.05, 3.63) is 71.3 Å². The van der Waals surface area contributed by atoms with E-state index in [2.05, 4.69) is 0 Å². The first-order valence-electron chi connectivity index (χ1n) is 10.5. The van der Waals surface area contributed by atoms with Gasteiger partial charge in [0, 0.05) is 0 Å². The highest BCUT2D eigenvalue weighted by molar-refractivity contribution is 5.90. The van der Waals surface area contributed by atoms with Crippen LogP contribution in [0.4, 0.5) is 0 Å². The highest BCUT2D eigenvalue weighted by atomic mass is 16.5. The van der Waals surface area contributed by atoms with Gasteiger partial charge in [-0.2, -0.15) is 0 Å². The molecule has 0 aliphatic heterocycles. The molecule has 0 saturated heterocycles. The van der Waals surface area contributed by atoms with Gasteiger partial charge < -0.3 is 9.47 Å². The van der Waals surface area contributed by atoms with E-state index in [1.165, 1.54) is 0 Å². The number of hydrogen-bond donors (Lipinski definition) is 0. The first-order chi connectivity index (χ1) is 14.0. The van der Waals surface area contributed by atoms with Crippen molar-refractivity contribution in [1.29, 1.82) is 0 Å². The second kappa shape index (κ2) is 9.73. The minimum Gasteiger partial charge on any atom is -0.465 e. The zero-order valence-electron chi connectivity index (χ0n) is 17.4. The second-order valence-corrected chi connectivity index (χ2v) is 8.27. The molecule has 0 amide bonds. The molecule has 1 aliphatic carbocycles. The molecule has 0 unspecified atom stereocenters. The maximum absolute atomic E-state index is 13.0. The number of esters is 2. The Morgan fingerprint density at radius 3 is 2.17 bits per heavy atom. The van der Waals surface area contributed by atoms with E-state index in [0.29, 0.717) is 18.1 Å². The van der Waals surface area contributed by atoms with Gasteiger partial charge in [-0.25, -0.2) is 4.79 Å². The molecular formula is C25H30O4. The molecule has 0 aromatic heterocycles. The van der Waals surface area contributed by atoms with E-state index < -0.39 is 5.41 Å². The van der Waals surface area contributed by atoms with Crippen molar-refractivity contribution in [2.45, 2.75) is 58.0 Å². The molecule has 154 valence electrons. The van der Waals surface area contributed by atoms with Gasteiger partial charge in [0.1, 0.15) is 6.61 Å². The Morgan fingerprint density at radius 2 is 1.55 bits per heavy atom. The summed E-state index contributed by atoms with van der Waals surface area (Å²) in [6, 6.07) is 16.9. The average molecular weight is 395 g/mol. The van der Waals surface area contributed by atoms with Crippen LogP contribution in [0.3, 0.4) is 0 Å². The highest BCUT2D eigenvalue weighted by Crippen LogP contribution is 2.40. The van der Waals surface area contributed by atoms with Gasteiger partial charge in [0.05, 0.1) is 17.6 Å². The Hall–Kier alpha value is -2.62. The summed E-state index contributed by atoms with van der Waals surface area (Å²) in [5, 5.41) is 0. The van der Waals surface area contributed by atoms with Crippen LogP contribution >= 0.6 is 0 Å². The molecule has 0 N–H and O–H groups in total. The molecule has 0 spiro atoms. The smallest absolute Gasteiger partial charge is 0.338 e. The summed E-state index contributed by atoms with van der Waals surface area (Å²) in [5.41, 5.74) is 1.78. The second-order valence-electron chi connectivity index (χ2n) is 8.27. The fraction of sp³-hybridized carbons (Fsp3) is 0.440. The van der Waals surface area contributed by atoms with Gasteiger partial charge in [-0.05, 0) is 42.0 Å². The quantitative estimate of drug-likeness (QED) is 0.587. The van der Waals surface area contributed by atoms with E-state index >= 15 is 0 Å². The van der Waals surface area contributed by atoms with Crippen molar-refractivity contribution in [3.8, 4) is 0 Å². The van der Waals surface area contributed by atoms with Crippen LogP contribution < -0.4 is 0 Å². The van der Waals surface area contributed by atoms with E-state index in [-0.39, 0.29) is 18.5 Å². The predicted octanol–water partition coefficient (Wildman–Crippen LogP) is 5.44. The number of hydrogen-bond acceptors (Lipinski definition) is 4. The van der Waals surface area contributed by atoms with Crippen LogP contribution in [0.5, 0.6) is 0 Å². The van der Waals surface area contributed by atoms with E-state index in [4.69, 9.17) is 9.47 Å². The van der Waals surface area contributed by atoms with Crippen molar-refractivity contribution in [2.24, 2.45) is 5.92 Å². The molecule has 4 heteroatoms. The summed E-state index contributed by atoms with van der Waals surface area (Å²) in [4.78, 5) is 25.4. The summed E-state index contributed by atoms with van der Waals surface area (Å²) in [6.07, 6.45) is 4.75. The highest BCUT2D eigenvalue weighted by Gasteiger charge is 2.42. The van der Waals surface area contributed by atoms with Crippen LogP contribution in [0.15, 0.2) is 54.6 Å². The molecule has 4 nitrogen and oxygen atoms in total. The summed E-state index contributed by atoms with van der Waals surface area (Å²) >= 11 is 0. The summed E-state index contributed by atoms with van der Waals surface area (Å²) in [7, 11) is 0. The van der Waals surface area contributed by atoms with Crippen LogP contribution in [0.1, 0.15) is 67.4 Å². The minimum atomic E-state index is -0.598. The van der Waals surface area contributed by atoms with Gasteiger partial charge in [-0.3, -0.25) is 4.79 Å². The lowest BCUT2D eigenvalue weighted by atomic mass is 9.69. The SMILES string of the molecule is CC(C)COC(=O)C1(c2ccc(C(=O)OCc3ccccc3)cc2)CCCCC1. The molecule has 0 bridgehead atoms. The summed E-state index contributed by atoms with van der Waals surface area (Å²) < 4.78 is 11.0. The minimum absolute atomic E-state index is 0.134. The first-order valence-corrected chi connectivity index (χ1v) is 10.5. The van der Waals surface area contributed by atoms with E-state index in [0.717, 1.165) is 43.2 Å². The third-order valence-corrected chi connectivity index (χ3v) is 5.53. The summed E-state index contributed by atoms with van der Waals surface area (Å²) in [5.74, 6) is -0.188. The third kappa shape index (κ3) is 5.26. The summed E-state index contributed by atoms with van der Waals surface area (Å²) in [6.45, 7) is 4.75. The normalized spacial score (nSPS) is 15.7. The first kappa shape index (κ1) is 21.1. The van der Waals surface area contributed by atoms with E-state index in [1.807, 2.05) is 56.3 Å². The van der Waals surface area contributed by atoms with Gasteiger partial charge in [0.15, 0.2) is 0 Å². The van der Waals surface area contributed by atoms with E-state index in [1.54, 1.807) is 12.1 Å². The number of ether oxygens (including phenoxy) is 2. The number of carbonyl (C=O) groups is 2. The standard InChI is InChI=1S/C25H30O4/c1-19(2)17-29-24(27)25(15-7-4-8-16-25)22-13-11-21(12-14-22)23(26)28-18-20-9-5-3-6-10-20/h3,5-6,9-14,19H,4,7-8,15-18H2,1-2H3. The molecule has 2 aromatic rings. The molecule has 2 aromatic carbocycles. The molecule has 29 heavy (non-hydrogen) atoms. The van der Waals surface area contributed by atoms with Gasteiger partial charge in [0.2, 0.25) is 0 Å². The molecule has 0 radical (unpaired) electrons. The molecule has 0 heterocycles. The topological polar surface area (TPSA) is 52.6 Å². The number of carbonyl (C=O) groups excluding carboxylic acids is 2. The molecule has 3 rings (SSSR count). The zero-order valence-corrected chi connectivity index (χ0v) is 17.4. The predicted molar refractivity (Wildman–Crippen MR) is 113 cm³/mol. The van der Waals surface area contributed by atoms with E-state index in [9.17, 15) is 9.59 Å². The lowest BCUT2D eigenvalue weighted by Gasteiger charge is -2.35. The molecule has 1 fully saturated rings. The van der Waals surface area contributed by atoms with Crippen molar-refractivity contribution in [3.63, 3.8) is 0 Å². The Kier molecular flexibility index (Phi) is 7.08. The van der Waals surface area contributed by atoms with Gasteiger partial charge in [0.25, 0.3) is 0 Å². The van der Waals surface area contributed by atoms with Gasteiger partial charge in [-0.1, -0.05) is 75.6 Å². The Balaban J connectivity index is 1.71. The maximum Gasteiger partial charge on any atom is 0.338 e. The van der Waals surface area contributed by atoms with Crippen LogP contribution in [0.2, 0.25) is 0 Å². The van der Waals surface area contributed by atoms with Crippen LogP contribution in [-0.2, 0) is 26.3 Å². The Morgan fingerprint density at radius 1 is 0.897 bits per heavy atom. The fourth-order valence-electron chi connectivity index (χ4n) is 3.88. The van der Waals surface area contributed by atoms with Crippen molar-refractivity contribution in [1.82, 2.24) is 0 Å². The average Bonchev–Trinajstić information content (AvgIpc) is 2.77. The van der Waals surface area contributed by atoms with Crippen molar-refractivity contribution >= 4 is 11.9 Å². The lowest BCUT2D eigenvalue weighted by Crippen LogP contribution is -2.40. The molecular weight excluding hydrogens is 364 g/mol. The molecule has 0 atom stereocenters. The maximum atomic E-state index is 13.0. The van der Waals surface area contributed by atoms with Crippen LogP contribution in [0.25, 0.3) is 0 Å². The van der Waals surface area contributed by atoms with Gasteiger partial charge in [-0.15, -0.1) is 0 Å². The molecule has 1 aliphatic rings. The molecule has 1 saturated carbocycles. The Labute approximate surface area is 173 Å². The Bertz CT molecular complexity index is 802. The third-order valence-electron chi connectivity index (χ3n) is 5.53. The van der Waals surface area contributed by atoms with Gasteiger partial charge >= 0.3 is 11.9 Å². The van der Waals surface area contributed by atoms with Crippen LogP contribution in [0, 0.1) is 5.92 Å². The monoisotopic (exact) mass is 394 g/mol. The largest absolute Gasteiger partial charge is 0.465 e. The van der Waals surface area contributed by atoms with Crippen LogP contribution in [-0.4, -0.2) is 18.5 Å². The van der Waals surface area contributed by atoms with Crippen molar-refractivity contribution < 1.29 is 19.1 Å². The number of benzene rings is 2.